The Morgan fingerprint density at radius 2 is 1.80 bits per heavy atom. The number of methoxy groups -OCH3 is 1. The fraction of sp³-hybridized carbons (Fsp3) is 0.0714. The molecule has 0 bridgehead atoms. The fourth-order valence-corrected chi connectivity index (χ4v) is 4.10. The molecule has 4 aromatic rings. The number of carbonyl (C=O) groups excluding carboxylic acids is 1. The summed E-state index contributed by atoms with van der Waals surface area (Å²) in [6.45, 7) is -0.0196. The third-order valence-corrected chi connectivity index (χ3v) is 5.81. The van der Waals surface area contributed by atoms with Crippen LogP contribution in [0.15, 0.2) is 89.6 Å². The van der Waals surface area contributed by atoms with Gasteiger partial charge < -0.3 is 14.2 Å². The molecule has 7 heteroatoms. The Bertz CT molecular complexity index is 1510. The van der Waals surface area contributed by atoms with Crippen LogP contribution in [0.4, 0.5) is 4.39 Å². The van der Waals surface area contributed by atoms with E-state index in [0.717, 1.165) is 16.3 Å². The average molecular weight is 488 g/mol. The van der Waals surface area contributed by atoms with E-state index in [4.69, 9.17) is 25.8 Å². The van der Waals surface area contributed by atoms with Crippen LogP contribution in [0, 0.1) is 5.82 Å². The SMILES string of the molecule is COc1cc(/C=C2/N=C(c3cccc4ccccc34)OC2=O)cc(Cl)c1OCc1ccccc1F. The zero-order valence-electron chi connectivity index (χ0n) is 18.6. The van der Waals surface area contributed by atoms with Gasteiger partial charge >= 0.3 is 5.97 Å². The van der Waals surface area contributed by atoms with Crippen molar-refractivity contribution in [3.63, 3.8) is 0 Å². The smallest absolute Gasteiger partial charge is 0.363 e. The highest BCUT2D eigenvalue weighted by atomic mass is 35.5. The Morgan fingerprint density at radius 1 is 1.03 bits per heavy atom. The van der Waals surface area contributed by atoms with Gasteiger partial charge in [0.1, 0.15) is 12.4 Å². The molecule has 0 N–H and O–H groups in total. The van der Waals surface area contributed by atoms with Gasteiger partial charge in [0.25, 0.3) is 0 Å². The van der Waals surface area contributed by atoms with Gasteiger partial charge in [-0.05, 0) is 46.7 Å². The molecule has 1 aliphatic heterocycles. The number of rotatable bonds is 6. The molecule has 0 aromatic heterocycles. The lowest BCUT2D eigenvalue weighted by Gasteiger charge is -2.13. The quantitative estimate of drug-likeness (QED) is 0.228. The molecule has 5 rings (SSSR count). The van der Waals surface area contributed by atoms with Crippen molar-refractivity contribution in [1.29, 1.82) is 0 Å². The molecule has 35 heavy (non-hydrogen) atoms. The second-order valence-electron chi connectivity index (χ2n) is 7.78. The highest BCUT2D eigenvalue weighted by molar-refractivity contribution is 6.32. The molecular formula is C28H19ClFNO4. The van der Waals surface area contributed by atoms with Crippen LogP contribution in [0.3, 0.4) is 0 Å². The lowest BCUT2D eigenvalue weighted by atomic mass is 10.0. The van der Waals surface area contributed by atoms with E-state index >= 15 is 0 Å². The van der Waals surface area contributed by atoms with Crippen LogP contribution in [0.25, 0.3) is 16.8 Å². The van der Waals surface area contributed by atoms with Gasteiger partial charge in [-0.3, -0.25) is 0 Å². The van der Waals surface area contributed by atoms with Crippen molar-refractivity contribution in [3.05, 3.63) is 112 Å². The van der Waals surface area contributed by atoms with Crippen LogP contribution >= 0.6 is 11.6 Å². The van der Waals surface area contributed by atoms with Crippen molar-refractivity contribution in [1.82, 2.24) is 0 Å². The summed E-state index contributed by atoms with van der Waals surface area (Å²) in [5, 5.41) is 2.20. The maximum absolute atomic E-state index is 13.9. The Labute approximate surface area is 206 Å². The lowest BCUT2D eigenvalue weighted by molar-refractivity contribution is -0.129. The summed E-state index contributed by atoms with van der Waals surface area (Å²) in [7, 11) is 1.47. The van der Waals surface area contributed by atoms with Gasteiger partial charge in [0.15, 0.2) is 17.2 Å². The summed E-state index contributed by atoms with van der Waals surface area (Å²) in [4.78, 5) is 17.0. The van der Waals surface area contributed by atoms with E-state index in [1.165, 1.54) is 13.2 Å². The Hall–Kier alpha value is -4.16. The molecule has 0 atom stereocenters. The molecule has 0 fully saturated rings. The van der Waals surface area contributed by atoms with Crippen molar-refractivity contribution >= 4 is 40.3 Å². The first-order valence-corrected chi connectivity index (χ1v) is 11.2. The Balaban J connectivity index is 1.45. The number of fused-ring (bicyclic) bond motifs is 1. The van der Waals surface area contributed by atoms with Crippen LogP contribution < -0.4 is 9.47 Å². The minimum Gasteiger partial charge on any atom is -0.493 e. The largest absolute Gasteiger partial charge is 0.493 e. The molecule has 0 aliphatic carbocycles. The molecule has 0 amide bonds. The number of nitrogens with zero attached hydrogens (tertiary/aromatic N) is 1. The second kappa shape index (κ2) is 9.60. The summed E-state index contributed by atoms with van der Waals surface area (Å²) in [5.41, 5.74) is 1.82. The van der Waals surface area contributed by atoms with Crippen LogP contribution in [0.2, 0.25) is 5.02 Å². The van der Waals surface area contributed by atoms with Gasteiger partial charge in [-0.25, -0.2) is 14.2 Å². The van der Waals surface area contributed by atoms with E-state index in [-0.39, 0.29) is 34.8 Å². The van der Waals surface area contributed by atoms with Crippen LogP contribution in [0.1, 0.15) is 16.7 Å². The zero-order chi connectivity index (χ0) is 24.4. The molecule has 0 spiro atoms. The molecule has 0 unspecified atom stereocenters. The Kier molecular flexibility index (Phi) is 6.21. The topological polar surface area (TPSA) is 57.1 Å². The first-order chi connectivity index (χ1) is 17.0. The van der Waals surface area contributed by atoms with E-state index in [1.54, 1.807) is 36.4 Å². The number of aliphatic imine (C=N–C) groups is 1. The second-order valence-corrected chi connectivity index (χ2v) is 8.18. The van der Waals surface area contributed by atoms with Gasteiger partial charge in [-0.2, -0.15) is 0 Å². The molecule has 0 radical (unpaired) electrons. The van der Waals surface area contributed by atoms with Gasteiger partial charge in [0, 0.05) is 11.1 Å². The van der Waals surface area contributed by atoms with Crippen molar-refractivity contribution in [2.24, 2.45) is 4.99 Å². The molecular weight excluding hydrogens is 469 g/mol. The summed E-state index contributed by atoms with van der Waals surface area (Å²) in [5.74, 6) is -0.0915. The number of hydrogen-bond donors (Lipinski definition) is 0. The predicted molar refractivity (Wildman–Crippen MR) is 133 cm³/mol. The summed E-state index contributed by atoms with van der Waals surface area (Å²) >= 11 is 6.45. The highest BCUT2D eigenvalue weighted by Gasteiger charge is 2.25. The minimum absolute atomic E-state index is 0.0196. The number of ether oxygens (including phenoxy) is 3. The van der Waals surface area contributed by atoms with Crippen molar-refractivity contribution in [3.8, 4) is 11.5 Å². The molecule has 174 valence electrons. The molecule has 5 nitrogen and oxygen atoms in total. The average Bonchev–Trinajstić information content (AvgIpc) is 3.23. The predicted octanol–water partition coefficient (Wildman–Crippen LogP) is 6.56. The zero-order valence-corrected chi connectivity index (χ0v) is 19.4. The third kappa shape index (κ3) is 4.61. The van der Waals surface area contributed by atoms with Gasteiger partial charge in [0.05, 0.1) is 12.1 Å². The van der Waals surface area contributed by atoms with Crippen molar-refractivity contribution in [2.45, 2.75) is 6.61 Å². The van der Waals surface area contributed by atoms with Crippen molar-refractivity contribution < 1.29 is 23.4 Å². The lowest BCUT2D eigenvalue weighted by Crippen LogP contribution is -2.05. The number of esters is 1. The van der Waals surface area contributed by atoms with E-state index in [1.807, 2.05) is 42.5 Å². The normalized spacial score (nSPS) is 14.2. The maximum Gasteiger partial charge on any atom is 0.363 e. The Morgan fingerprint density at radius 3 is 2.63 bits per heavy atom. The highest BCUT2D eigenvalue weighted by Crippen LogP contribution is 2.38. The van der Waals surface area contributed by atoms with Crippen molar-refractivity contribution in [2.75, 3.05) is 7.11 Å². The van der Waals surface area contributed by atoms with E-state index in [9.17, 15) is 9.18 Å². The molecule has 1 aliphatic rings. The van der Waals surface area contributed by atoms with Crippen LogP contribution in [-0.2, 0) is 16.1 Å². The fourth-order valence-electron chi connectivity index (χ4n) is 3.82. The van der Waals surface area contributed by atoms with Gasteiger partial charge in [-0.15, -0.1) is 0 Å². The standard InChI is InChI=1S/C28H19ClFNO4/c1-33-25-15-17(13-22(29)26(25)34-16-19-8-3-5-12-23(19)30)14-24-28(32)35-27(31-24)21-11-6-9-18-7-2-4-10-20(18)21/h2-15H,16H2,1H3/b24-14+. The summed E-state index contributed by atoms with van der Waals surface area (Å²) < 4.78 is 30.6. The summed E-state index contributed by atoms with van der Waals surface area (Å²) in [6, 6.07) is 23.1. The molecule has 0 saturated heterocycles. The van der Waals surface area contributed by atoms with Gasteiger partial charge in [-0.1, -0.05) is 66.2 Å². The molecule has 4 aromatic carbocycles. The van der Waals surface area contributed by atoms with E-state index in [0.29, 0.717) is 16.9 Å². The third-order valence-electron chi connectivity index (χ3n) is 5.53. The van der Waals surface area contributed by atoms with E-state index < -0.39 is 5.97 Å². The van der Waals surface area contributed by atoms with Gasteiger partial charge in [0.2, 0.25) is 5.90 Å². The molecule has 1 heterocycles. The number of hydrogen-bond acceptors (Lipinski definition) is 5. The molecule has 0 saturated carbocycles. The minimum atomic E-state index is -0.567. The summed E-state index contributed by atoms with van der Waals surface area (Å²) in [6.07, 6.45) is 1.56. The number of carbonyl (C=O) groups is 1. The number of cyclic esters (lactones) is 1. The number of halogens is 2. The van der Waals surface area contributed by atoms with Crippen LogP contribution in [-0.4, -0.2) is 19.0 Å². The first kappa shape index (κ1) is 22.6. The number of benzene rings is 4. The maximum atomic E-state index is 13.9. The first-order valence-electron chi connectivity index (χ1n) is 10.8. The monoisotopic (exact) mass is 487 g/mol. The van der Waals surface area contributed by atoms with E-state index in [2.05, 4.69) is 4.99 Å². The van der Waals surface area contributed by atoms with Crippen LogP contribution in [0.5, 0.6) is 11.5 Å².